The number of halogens is 1. The zero-order chi connectivity index (χ0) is 15.6. The second-order valence-electron chi connectivity index (χ2n) is 6.05. The molecule has 0 radical (unpaired) electrons. The first kappa shape index (κ1) is 15.0. The molecule has 1 N–H and O–H groups in total. The van der Waals surface area contributed by atoms with Gasteiger partial charge in [0.2, 0.25) is 5.91 Å². The van der Waals surface area contributed by atoms with Gasteiger partial charge in [-0.2, -0.15) is 0 Å². The molecular weight excluding hydrogens is 285 g/mol. The van der Waals surface area contributed by atoms with E-state index in [9.17, 15) is 9.18 Å². The highest BCUT2D eigenvalue weighted by Gasteiger charge is 2.28. The van der Waals surface area contributed by atoms with E-state index in [-0.39, 0.29) is 23.7 Å². The number of pyridine rings is 1. The Morgan fingerprint density at radius 2 is 2.32 bits per heavy atom. The van der Waals surface area contributed by atoms with Crippen LogP contribution in [0.4, 0.5) is 4.39 Å². The van der Waals surface area contributed by atoms with E-state index >= 15 is 0 Å². The van der Waals surface area contributed by atoms with Crippen LogP contribution >= 0.6 is 0 Å². The predicted octanol–water partition coefficient (Wildman–Crippen LogP) is 2.09. The highest BCUT2D eigenvalue weighted by molar-refractivity contribution is 5.78. The highest BCUT2D eigenvalue weighted by atomic mass is 19.1. The first-order chi connectivity index (χ1) is 10.5. The van der Waals surface area contributed by atoms with E-state index in [1.807, 2.05) is 6.92 Å². The molecule has 0 spiro atoms. The molecule has 118 valence electrons. The quantitative estimate of drug-likeness (QED) is 0.941. The molecule has 0 unspecified atom stereocenters. The number of nitrogens with one attached hydrogen (secondary N) is 1. The first-order valence-electron chi connectivity index (χ1n) is 7.58. The Kier molecular flexibility index (Phi) is 4.11. The number of hydrogen-bond acceptors (Lipinski definition) is 3. The van der Waals surface area contributed by atoms with Gasteiger partial charge < -0.3 is 14.5 Å². The van der Waals surface area contributed by atoms with Crippen LogP contribution in [0, 0.1) is 5.82 Å². The van der Waals surface area contributed by atoms with Crippen LogP contribution in [0.15, 0.2) is 24.5 Å². The summed E-state index contributed by atoms with van der Waals surface area (Å²) in [6.07, 6.45) is 6.38. The Labute approximate surface area is 128 Å². The van der Waals surface area contributed by atoms with Gasteiger partial charge >= 0.3 is 0 Å². The SMILES string of the molecule is C[C@]1(CNC(=O)Cc2cn3cc(F)ccc3n2)CCCCO1. The molecule has 1 fully saturated rings. The Balaban J connectivity index is 1.58. The molecule has 3 heterocycles. The number of ether oxygens (including phenoxy) is 1. The van der Waals surface area contributed by atoms with Crippen molar-refractivity contribution in [3.63, 3.8) is 0 Å². The fraction of sp³-hybridized carbons (Fsp3) is 0.500. The minimum absolute atomic E-state index is 0.0979. The normalized spacial score (nSPS) is 21.9. The molecule has 1 saturated heterocycles. The molecule has 5 nitrogen and oxygen atoms in total. The second kappa shape index (κ2) is 6.04. The lowest BCUT2D eigenvalue weighted by molar-refractivity contribution is -0.123. The third-order valence-electron chi connectivity index (χ3n) is 4.02. The van der Waals surface area contributed by atoms with Crippen LogP contribution in [-0.4, -0.2) is 34.0 Å². The van der Waals surface area contributed by atoms with Gasteiger partial charge in [-0.05, 0) is 38.3 Å². The summed E-state index contributed by atoms with van der Waals surface area (Å²) < 4.78 is 20.5. The summed E-state index contributed by atoms with van der Waals surface area (Å²) in [4.78, 5) is 16.4. The first-order valence-corrected chi connectivity index (χ1v) is 7.58. The Morgan fingerprint density at radius 3 is 3.09 bits per heavy atom. The minimum atomic E-state index is -0.330. The standard InChI is InChI=1S/C16H20FN3O2/c1-16(6-2-3-7-22-16)11-18-15(21)8-13-10-20-9-12(17)4-5-14(20)19-13/h4-5,9-10H,2-3,6-8,11H2,1H3,(H,18,21)/t16-/m1/s1. The summed E-state index contributed by atoms with van der Waals surface area (Å²) in [6.45, 7) is 3.29. The molecule has 1 atom stereocenters. The zero-order valence-corrected chi connectivity index (χ0v) is 12.6. The maximum absolute atomic E-state index is 13.1. The Morgan fingerprint density at radius 1 is 1.45 bits per heavy atom. The van der Waals surface area contributed by atoms with Gasteiger partial charge in [-0.25, -0.2) is 9.37 Å². The lowest BCUT2D eigenvalue weighted by Crippen LogP contribution is -2.45. The third kappa shape index (κ3) is 3.44. The average molecular weight is 305 g/mol. The molecule has 6 heteroatoms. The van der Waals surface area contributed by atoms with Crippen molar-refractivity contribution in [2.24, 2.45) is 0 Å². The van der Waals surface area contributed by atoms with Crippen molar-refractivity contribution < 1.29 is 13.9 Å². The van der Waals surface area contributed by atoms with Crippen LogP contribution < -0.4 is 5.32 Å². The smallest absolute Gasteiger partial charge is 0.226 e. The molecule has 0 aliphatic carbocycles. The fourth-order valence-corrected chi connectivity index (χ4v) is 2.75. The van der Waals surface area contributed by atoms with Gasteiger partial charge in [-0.15, -0.1) is 0 Å². The summed E-state index contributed by atoms with van der Waals surface area (Å²) >= 11 is 0. The maximum Gasteiger partial charge on any atom is 0.226 e. The van der Waals surface area contributed by atoms with Crippen LogP contribution in [0.25, 0.3) is 5.65 Å². The maximum atomic E-state index is 13.1. The molecular formula is C16H20FN3O2. The summed E-state index contributed by atoms with van der Waals surface area (Å²) in [6, 6.07) is 2.95. The summed E-state index contributed by atoms with van der Waals surface area (Å²) in [5.41, 5.74) is 0.986. The molecule has 0 aromatic carbocycles. The van der Waals surface area contributed by atoms with E-state index in [0.29, 0.717) is 17.9 Å². The predicted molar refractivity (Wildman–Crippen MR) is 80.1 cm³/mol. The topological polar surface area (TPSA) is 55.6 Å². The van der Waals surface area contributed by atoms with Crippen molar-refractivity contribution in [1.82, 2.24) is 14.7 Å². The van der Waals surface area contributed by atoms with Crippen molar-refractivity contribution in [2.45, 2.75) is 38.2 Å². The van der Waals surface area contributed by atoms with Gasteiger partial charge in [-0.1, -0.05) is 0 Å². The Bertz CT molecular complexity index is 677. The van der Waals surface area contributed by atoms with Crippen LogP contribution in [0.1, 0.15) is 31.9 Å². The largest absolute Gasteiger partial charge is 0.373 e. The van der Waals surface area contributed by atoms with Gasteiger partial charge in [0.25, 0.3) is 0 Å². The summed E-state index contributed by atoms with van der Waals surface area (Å²) in [5.74, 6) is -0.428. The van der Waals surface area contributed by atoms with E-state index < -0.39 is 0 Å². The van der Waals surface area contributed by atoms with Crippen molar-refractivity contribution >= 4 is 11.6 Å². The number of carbonyl (C=O) groups is 1. The fourth-order valence-electron chi connectivity index (χ4n) is 2.75. The average Bonchev–Trinajstić information content (AvgIpc) is 2.87. The van der Waals surface area contributed by atoms with Crippen LogP contribution in [0.2, 0.25) is 0 Å². The number of amides is 1. The van der Waals surface area contributed by atoms with Crippen molar-refractivity contribution in [3.8, 4) is 0 Å². The second-order valence-corrected chi connectivity index (χ2v) is 6.05. The van der Waals surface area contributed by atoms with E-state index in [0.717, 1.165) is 25.9 Å². The number of rotatable bonds is 4. The number of imidazole rings is 1. The van der Waals surface area contributed by atoms with Gasteiger partial charge in [0, 0.05) is 25.5 Å². The van der Waals surface area contributed by atoms with E-state index in [4.69, 9.17) is 4.74 Å². The van der Waals surface area contributed by atoms with E-state index in [2.05, 4.69) is 10.3 Å². The minimum Gasteiger partial charge on any atom is -0.373 e. The number of nitrogens with zero attached hydrogens (tertiary/aromatic N) is 2. The molecule has 1 aliphatic rings. The molecule has 22 heavy (non-hydrogen) atoms. The van der Waals surface area contributed by atoms with Crippen molar-refractivity contribution in [3.05, 3.63) is 36.0 Å². The lowest BCUT2D eigenvalue weighted by atomic mass is 9.96. The van der Waals surface area contributed by atoms with Gasteiger partial charge in [0.1, 0.15) is 11.5 Å². The van der Waals surface area contributed by atoms with Gasteiger partial charge in [-0.3, -0.25) is 4.79 Å². The van der Waals surface area contributed by atoms with E-state index in [1.165, 1.54) is 12.3 Å². The van der Waals surface area contributed by atoms with Gasteiger partial charge in [0.15, 0.2) is 0 Å². The lowest BCUT2D eigenvalue weighted by Gasteiger charge is -2.33. The highest BCUT2D eigenvalue weighted by Crippen LogP contribution is 2.23. The third-order valence-corrected chi connectivity index (χ3v) is 4.02. The zero-order valence-electron chi connectivity index (χ0n) is 12.6. The number of fused-ring (bicyclic) bond motifs is 1. The molecule has 0 saturated carbocycles. The molecule has 2 aromatic rings. The van der Waals surface area contributed by atoms with Crippen LogP contribution in [0.3, 0.4) is 0 Å². The number of carbonyl (C=O) groups excluding carboxylic acids is 1. The molecule has 1 amide bonds. The van der Waals surface area contributed by atoms with Crippen LogP contribution in [-0.2, 0) is 16.0 Å². The number of aromatic nitrogens is 2. The Hall–Kier alpha value is -1.95. The van der Waals surface area contributed by atoms with Crippen molar-refractivity contribution in [1.29, 1.82) is 0 Å². The van der Waals surface area contributed by atoms with E-state index in [1.54, 1.807) is 16.7 Å². The summed E-state index contributed by atoms with van der Waals surface area (Å²) in [5, 5.41) is 2.91. The van der Waals surface area contributed by atoms with Gasteiger partial charge in [0.05, 0.1) is 17.7 Å². The molecule has 2 aromatic heterocycles. The molecule has 1 aliphatic heterocycles. The monoisotopic (exact) mass is 305 g/mol. The summed E-state index contributed by atoms with van der Waals surface area (Å²) in [7, 11) is 0. The number of hydrogen-bond donors (Lipinski definition) is 1. The van der Waals surface area contributed by atoms with Crippen LogP contribution in [0.5, 0.6) is 0 Å². The molecule has 3 rings (SSSR count). The molecule has 0 bridgehead atoms. The van der Waals surface area contributed by atoms with Crippen molar-refractivity contribution in [2.75, 3.05) is 13.2 Å².